The van der Waals surface area contributed by atoms with Crippen LogP contribution < -0.4 is 14.8 Å². The van der Waals surface area contributed by atoms with Gasteiger partial charge in [0.25, 0.3) is 0 Å². The van der Waals surface area contributed by atoms with E-state index in [9.17, 15) is 4.79 Å². The Kier molecular flexibility index (Phi) is 4.95. The van der Waals surface area contributed by atoms with Gasteiger partial charge in [0.1, 0.15) is 5.82 Å². The number of hydrogen-bond acceptors (Lipinski definition) is 6. The smallest absolute Gasteiger partial charge is 0.237 e. The van der Waals surface area contributed by atoms with Crippen molar-refractivity contribution in [2.75, 3.05) is 12.1 Å². The van der Waals surface area contributed by atoms with E-state index in [1.54, 1.807) is 18.2 Å². The lowest BCUT2D eigenvalue weighted by Crippen LogP contribution is -2.22. The van der Waals surface area contributed by atoms with Gasteiger partial charge in [-0.3, -0.25) is 9.36 Å². The minimum absolute atomic E-state index is 0.125. The van der Waals surface area contributed by atoms with E-state index in [2.05, 4.69) is 21.6 Å². The number of anilines is 1. The van der Waals surface area contributed by atoms with Crippen molar-refractivity contribution in [1.82, 2.24) is 14.8 Å². The van der Waals surface area contributed by atoms with E-state index >= 15 is 0 Å². The number of benzene rings is 2. The number of hydrogen-bond donors (Lipinski definition) is 1. The number of carbonyl (C=O) groups excluding carboxylic acids is 1. The molecule has 1 amide bonds. The SMILES string of the molecule is Cc1cccc(-n2c(C)nnc2S[C@H](C)C(=O)Nc2ccc3c(c2)OCO3)c1. The number of rotatable bonds is 5. The Balaban J connectivity index is 1.49. The highest BCUT2D eigenvalue weighted by molar-refractivity contribution is 8.00. The Morgan fingerprint density at radius 3 is 2.79 bits per heavy atom. The molecule has 1 aliphatic rings. The number of aryl methyl sites for hydroxylation is 2. The van der Waals surface area contributed by atoms with Crippen LogP contribution in [0.15, 0.2) is 47.6 Å². The topological polar surface area (TPSA) is 78.3 Å². The minimum Gasteiger partial charge on any atom is -0.454 e. The normalized spacial score (nSPS) is 13.4. The van der Waals surface area contributed by atoms with Crippen LogP contribution in [0.1, 0.15) is 18.3 Å². The maximum Gasteiger partial charge on any atom is 0.237 e. The van der Waals surface area contributed by atoms with E-state index < -0.39 is 0 Å². The van der Waals surface area contributed by atoms with Crippen molar-refractivity contribution in [1.29, 1.82) is 0 Å². The summed E-state index contributed by atoms with van der Waals surface area (Å²) < 4.78 is 12.6. The summed E-state index contributed by atoms with van der Waals surface area (Å²) in [6, 6.07) is 13.4. The minimum atomic E-state index is -0.363. The first-order valence-corrected chi connectivity index (χ1v) is 9.75. The van der Waals surface area contributed by atoms with Gasteiger partial charge < -0.3 is 14.8 Å². The highest BCUT2D eigenvalue weighted by atomic mass is 32.2. The number of aromatic nitrogens is 3. The molecule has 28 heavy (non-hydrogen) atoms. The van der Waals surface area contributed by atoms with Gasteiger partial charge in [0, 0.05) is 17.4 Å². The molecule has 3 aromatic rings. The molecule has 2 aromatic carbocycles. The van der Waals surface area contributed by atoms with Crippen molar-refractivity contribution >= 4 is 23.4 Å². The molecule has 0 fully saturated rings. The van der Waals surface area contributed by atoms with Crippen LogP contribution in [0, 0.1) is 13.8 Å². The van der Waals surface area contributed by atoms with Crippen LogP contribution in [0.3, 0.4) is 0 Å². The Labute approximate surface area is 167 Å². The van der Waals surface area contributed by atoms with Crippen LogP contribution in [0.25, 0.3) is 5.69 Å². The van der Waals surface area contributed by atoms with E-state index in [4.69, 9.17) is 9.47 Å². The molecule has 8 heteroatoms. The average Bonchev–Trinajstić information content (AvgIpc) is 3.27. The Bertz CT molecular complexity index is 1030. The molecule has 0 spiro atoms. The standard InChI is InChI=1S/C20H20N4O3S/c1-12-5-4-6-16(9-12)24-14(3)22-23-20(24)28-13(2)19(25)21-15-7-8-17-18(10-15)27-11-26-17/h4-10,13H,11H2,1-3H3,(H,21,25)/t13-/m1/s1. The van der Waals surface area contributed by atoms with Crippen molar-refractivity contribution in [3.63, 3.8) is 0 Å². The van der Waals surface area contributed by atoms with Gasteiger partial charge in [-0.2, -0.15) is 0 Å². The summed E-state index contributed by atoms with van der Waals surface area (Å²) >= 11 is 1.37. The molecule has 1 atom stereocenters. The molecule has 0 saturated carbocycles. The Morgan fingerprint density at radius 2 is 1.96 bits per heavy atom. The monoisotopic (exact) mass is 396 g/mol. The van der Waals surface area contributed by atoms with Gasteiger partial charge in [0.15, 0.2) is 16.7 Å². The molecule has 1 aromatic heterocycles. The fraction of sp³-hybridized carbons (Fsp3) is 0.250. The van der Waals surface area contributed by atoms with E-state index in [0.29, 0.717) is 22.3 Å². The number of fused-ring (bicyclic) bond motifs is 1. The summed E-state index contributed by atoms with van der Waals surface area (Å²) in [4.78, 5) is 12.7. The first-order valence-electron chi connectivity index (χ1n) is 8.87. The molecule has 1 aliphatic heterocycles. The fourth-order valence-electron chi connectivity index (χ4n) is 2.91. The maximum absolute atomic E-state index is 12.7. The number of nitrogens with zero attached hydrogens (tertiary/aromatic N) is 3. The first-order chi connectivity index (χ1) is 13.5. The molecule has 7 nitrogen and oxygen atoms in total. The summed E-state index contributed by atoms with van der Waals surface area (Å²) in [6.07, 6.45) is 0. The second kappa shape index (κ2) is 7.55. The summed E-state index contributed by atoms with van der Waals surface area (Å²) in [5.41, 5.74) is 2.79. The lowest BCUT2D eigenvalue weighted by atomic mass is 10.2. The van der Waals surface area contributed by atoms with E-state index in [-0.39, 0.29) is 18.0 Å². The summed E-state index contributed by atoms with van der Waals surface area (Å²) in [6.45, 7) is 5.98. The molecule has 0 unspecified atom stereocenters. The Morgan fingerprint density at radius 1 is 1.14 bits per heavy atom. The zero-order chi connectivity index (χ0) is 19.7. The van der Waals surface area contributed by atoms with Gasteiger partial charge in [0.2, 0.25) is 12.7 Å². The summed E-state index contributed by atoms with van der Waals surface area (Å²) in [7, 11) is 0. The molecule has 4 rings (SSSR count). The van der Waals surface area contributed by atoms with E-state index in [1.807, 2.05) is 43.5 Å². The van der Waals surface area contributed by atoms with Gasteiger partial charge in [-0.1, -0.05) is 23.9 Å². The number of amides is 1. The van der Waals surface area contributed by atoms with Crippen molar-refractivity contribution in [2.24, 2.45) is 0 Å². The van der Waals surface area contributed by atoms with E-state index in [1.165, 1.54) is 11.8 Å². The molecule has 0 radical (unpaired) electrons. The van der Waals surface area contributed by atoms with Crippen molar-refractivity contribution in [2.45, 2.75) is 31.2 Å². The largest absolute Gasteiger partial charge is 0.454 e. The van der Waals surface area contributed by atoms with Crippen LogP contribution >= 0.6 is 11.8 Å². The van der Waals surface area contributed by atoms with Crippen LogP contribution in [0.5, 0.6) is 11.5 Å². The Hall–Kier alpha value is -3.00. The van der Waals surface area contributed by atoms with Crippen molar-refractivity contribution in [3.05, 3.63) is 53.9 Å². The molecular weight excluding hydrogens is 376 g/mol. The van der Waals surface area contributed by atoms with Crippen molar-refractivity contribution in [3.8, 4) is 17.2 Å². The number of thioether (sulfide) groups is 1. The van der Waals surface area contributed by atoms with E-state index in [0.717, 1.165) is 17.1 Å². The third-order valence-corrected chi connectivity index (χ3v) is 5.39. The molecule has 0 bridgehead atoms. The quantitative estimate of drug-likeness (QED) is 0.662. The van der Waals surface area contributed by atoms with Gasteiger partial charge >= 0.3 is 0 Å². The predicted octanol–water partition coefficient (Wildman–Crippen LogP) is 3.73. The summed E-state index contributed by atoms with van der Waals surface area (Å²) in [5, 5.41) is 11.7. The molecule has 1 N–H and O–H groups in total. The molecule has 144 valence electrons. The number of carbonyl (C=O) groups is 1. The van der Waals surface area contributed by atoms with Crippen LogP contribution in [-0.4, -0.2) is 32.7 Å². The lowest BCUT2D eigenvalue weighted by molar-refractivity contribution is -0.115. The highest BCUT2D eigenvalue weighted by Gasteiger charge is 2.21. The third-order valence-electron chi connectivity index (χ3n) is 4.35. The zero-order valence-electron chi connectivity index (χ0n) is 15.8. The first kappa shape index (κ1) is 18.4. The molecule has 2 heterocycles. The predicted molar refractivity (Wildman–Crippen MR) is 107 cm³/mol. The second-order valence-corrected chi connectivity index (χ2v) is 7.83. The third kappa shape index (κ3) is 3.68. The number of nitrogens with one attached hydrogen (secondary N) is 1. The molecular formula is C20H20N4O3S. The maximum atomic E-state index is 12.7. The van der Waals surface area contributed by atoms with Crippen LogP contribution in [-0.2, 0) is 4.79 Å². The highest BCUT2D eigenvalue weighted by Crippen LogP contribution is 2.34. The van der Waals surface area contributed by atoms with Gasteiger partial charge in [0.05, 0.1) is 5.25 Å². The lowest BCUT2D eigenvalue weighted by Gasteiger charge is -2.14. The number of ether oxygens (including phenoxy) is 2. The van der Waals surface area contributed by atoms with Crippen LogP contribution in [0.4, 0.5) is 5.69 Å². The van der Waals surface area contributed by atoms with Crippen molar-refractivity contribution < 1.29 is 14.3 Å². The van der Waals surface area contributed by atoms with Gasteiger partial charge in [-0.15, -0.1) is 10.2 Å². The molecule has 0 saturated heterocycles. The molecule has 0 aliphatic carbocycles. The summed E-state index contributed by atoms with van der Waals surface area (Å²) in [5.74, 6) is 1.96. The second-order valence-electron chi connectivity index (χ2n) is 6.52. The fourth-order valence-corrected chi connectivity index (χ4v) is 3.83. The zero-order valence-corrected chi connectivity index (χ0v) is 16.6. The average molecular weight is 396 g/mol. The van der Waals surface area contributed by atoms with Gasteiger partial charge in [-0.05, 0) is 50.6 Å². The van der Waals surface area contributed by atoms with Crippen LogP contribution in [0.2, 0.25) is 0 Å². The van der Waals surface area contributed by atoms with Gasteiger partial charge in [-0.25, -0.2) is 0 Å².